The molecule has 2 heterocycles. The zero-order valence-corrected chi connectivity index (χ0v) is 13.8. The molecule has 1 atom stereocenters. The van der Waals surface area contributed by atoms with Crippen molar-refractivity contribution >= 4 is 10.0 Å². The molecule has 0 unspecified atom stereocenters. The number of fused-ring (bicyclic) bond motifs is 1. The summed E-state index contributed by atoms with van der Waals surface area (Å²) in [6.45, 7) is 1.25. The first-order valence-electron chi connectivity index (χ1n) is 7.62. The maximum absolute atomic E-state index is 13.2. The topological polar surface area (TPSA) is 55.2 Å². The quantitative estimate of drug-likeness (QED) is 0.839. The lowest BCUT2D eigenvalue weighted by molar-refractivity contribution is 0.303. The number of imidazole rings is 1. The molecule has 0 saturated heterocycles. The van der Waals surface area contributed by atoms with Crippen LogP contribution in [-0.2, 0) is 28.7 Å². The monoisotopic (exact) mass is 337 g/mol. The maximum atomic E-state index is 13.2. The third-order valence-corrected chi connectivity index (χ3v) is 6.06. The van der Waals surface area contributed by atoms with Crippen LogP contribution in [0.1, 0.15) is 17.8 Å². The average Bonchev–Trinajstić information content (AvgIpc) is 2.94. The van der Waals surface area contributed by atoms with Gasteiger partial charge in [-0.3, -0.25) is 0 Å². The van der Waals surface area contributed by atoms with Crippen molar-refractivity contribution in [2.75, 3.05) is 13.6 Å². The molecule has 0 fully saturated rings. The number of hydrogen-bond donors (Lipinski definition) is 0. The Morgan fingerprint density at radius 3 is 3.04 bits per heavy atom. The summed E-state index contributed by atoms with van der Waals surface area (Å²) in [6.07, 6.45) is 5.51. The summed E-state index contributed by atoms with van der Waals surface area (Å²) in [7, 11) is -1.86. The van der Waals surface area contributed by atoms with Crippen molar-refractivity contribution in [2.45, 2.75) is 25.1 Å². The van der Waals surface area contributed by atoms with E-state index in [4.69, 9.17) is 0 Å². The highest BCUT2D eigenvalue weighted by Gasteiger charge is 2.25. The molecule has 1 aromatic carbocycles. The van der Waals surface area contributed by atoms with Crippen molar-refractivity contribution in [2.24, 2.45) is 5.92 Å². The Labute approximate surface area is 135 Å². The van der Waals surface area contributed by atoms with Crippen molar-refractivity contribution in [1.29, 1.82) is 0 Å². The van der Waals surface area contributed by atoms with Gasteiger partial charge in [-0.25, -0.2) is 22.1 Å². The predicted octanol–water partition coefficient (Wildman–Crippen LogP) is 2.05. The third-order valence-electron chi connectivity index (χ3n) is 4.26. The van der Waals surface area contributed by atoms with Gasteiger partial charge in [-0.1, -0.05) is 12.1 Å². The summed E-state index contributed by atoms with van der Waals surface area (Å²) >= 11 is 0. The Morgan fingerprint density at radius 2 is 2.26 bits per heavy atom. The van der Waals surface area contributed by atoms with Crippen LogP contribution in [0.4, 0.5) is 4.39 Å². The fraction of sp³-hybridized carbons (Fsp3) is 0.438. The molecular formula is C16H20FN3O2S. The molecule has 2 aromatic rings. The van der Waals surface area contributed by atoms with Crippen molar-refractivity contribution in [3.8, 4) is 0 Å². The van der Waals surface area contributed by atoms with Gasteiger partial charge in [-0.2, -0.15) is 0 Å². The molecule has 124 valence electrons. The number of aromatic nitrogens is 2. The van der Waals surface area contributed by atoms with Gasteiger partial charge in [-0.05, 0) is 30.0 Å². The molecule has 23 heavy (non-hydrogen) atoms. The molecule has 1 aromatic heterocycles. The molecule has 0 saturated carbocycles. The normalized spacial score (nSPS) is 18.1. The molecule has 0 bridgehead atoms. The van der Waals surface area contributed by atoms with E-state index in [9.17, 15) is 12.8 Å². The van der Waals surface area contributed by atoms with E-state index in [0.29, 0.717) is 12.1 Å². The molecular weight excluding hydrogens is 317 g/mol. The molecule has 0 amide bonds. The lowest BCUT2D eigenvalue weighted by atomic mass is 10.00. The minimum absolute atomic E-state index is 0.176. The number of aryl methyl sites for hydroxylation is 1. The van der Waals surface area contributed by atoms with Crippen LogP contribution < -0.4 is 0 Å². The zero-order chi connectivity index (χ0) is 16.4. The minimum Gasteiger partial charge on any atom is -0.335 e. The minimum atomic E-state index is -3.45. The molecule has 1 aliphatic rings. The first kappa shape index (κ1) is 16.1. The fourth-order valence-corrected chi connectivity index (χ4v) is 4.27. The number of nitrogens with zero attached hydrogens (tertiary/aromatic N) is 3. The van der Waals surface area contributed by atoms with Gasteiger partial charge in [0.1, 0.15) is 11.6 Å². The standard InChI is InChI=1S/C16H20FN3O2S/c1-19(10-14-5-6-16-18-7-8-20(16)11-14)23(21,22)12-13-3-2-4-15(17)9-13/h2-4,7-9,14H,5-6,10-12H2,1H3/t14-/m1/s1. The van der Waals surface area contributed by atoms with Crippen molar-refractivity contribution in [1.82, 2.24) is 13.9 Å². The zero-order valence-electron chi connectivity index (χ0n) is 13.0. The Hall–Kier alpha value is -1.73. The summed E-state index contributed by atoms with van der Waals surface area (Å²) in [5.74, 6) is 0.736. The summed E-state index contributed by atoms with van der Waals surface area (Å²) in [4.78, 5) is 4.28. The molecule has 7 heteroatoms. The first-order chi connectivity index (χ1) is 10.9. The SMILES string of the molecule is CN(C[C@H]1CCc2nccn2C1)S(=O)(=O)Cc1cccc(F)c1. The van der Waals surface area contributed by atoms with E-state index in [1.807, 2.05) is 6.20 Å². The summed E-state index contributed by atoms with van der Waals surface area (Å²) in [6, 6.07) is 5.74. The highest BCUT2D eigenvalue weighted by molar-refractivity contribution is 7.88. The first-order valence-corrected chi connectivity index (χ1v) is 9.23. The predicted molar refractivity (Wildman–Crippen MR) is 85.7 cm³/mol. The van der Waals surface area contributed by atoms with Gasteiger partial charge in [0.05, 0.1) is 5.75 Å². The van der Waals surface area contributed by atoms with Gasteiger partial charge >= 0.3 is 0 Å². The van der Waals surface area contributed by atoms with Crippen LogP contribution in [0.2, 0.25) is 0 Å². The van der Waals surface area contributed by atoms with Crippen molar-refractivity contribution in [3.05, 3.63) is 53.9 Å². The van der Waals surface area contributed by atoms with Crippen LogP contribution in [-0.4, -0.2) is 35.9 Å². The number of benzene rings is 1. The number of sulfonamides is 1. The third kappa shape index (κ3) is 3.79. The summed E-state index contributed by atoms with van der Waals surface area (Å²) in [5, 5.41) is 0. The van der Waals surface area contributed by atoms with E-state index in [2.05, 4.69) is 9.55 Å². The smallest absolute Gasteiger partial charge is 0.218 e. The van der Waals surface area contributed by atoms with Crippen LogP contribution in [0.5, 0.6) is 0 Å². The van der Waals surface area contributed by atoms with E-state index >= 15 is 0 Å². The van der Waals surface area contributed by atoms with Crippen LogP contribution in [0.3, 0.4) is 0 Å². The molecule has 0 spiro atoms. The van der Waals surface area contributed by atoms with Crippen molar-refractivity contribution in [3.63, 3.8) is 0 Å². The maximum Gasteiger partial charge on any atom is 0.218 e. The van der Waals surface area contributed by atoms with Crippen molar-refractivity contribution < 1.29 is 12.8 Å². The van der Waals surface area contributed by atoms with E-state index in [0.717, 1.165) is 25.2 Å². The van der Waals surface area contributed by atoms with E-state index in [1.165, 1.54) is 22.5 Å². The number of rotatable bonds is 5. The lowest BCUT2D eigenvalue weighted by Gasteiger charge is -2.27. The Balaban J connectivity index is 1.64. The van der Waals surface area contributed by atoms with Gasteiger partial charge in [0.2, 0.25) is 10.0 Å². The highest BCUT2D eigenvalue weighted by Crippen LogP contribution is 2.21. The Bertz CT molecular complexity index is 788. The molecule has 0 radical (unpaired) electrons. The second-order valence-electron chi connectivity index (χ2n) is 6.07. The highest BCUT2D eigenvalue weighted by atomic mass is 32.2. The molecule has 0 aliphatic carbocycles. The van der Waals surface area contributed by atoms with Gasteiger partial charge in [0, 0.05) is 39.0 Å². The van der Waals surface area contributed by atoms with Crippen LogP contribution in [0.25, 0.3) is 0 Å². The number of halogens is 1. The average molecular weight is 337 g/mol. The van der Waals surface area contributed by atoms with Crippen LogP contribution in [0.15, 0.2) is 36.7 Å². The van der Waals surface area contributed by atoms with Gasteiger partial charge in [-0.15, -0.1) is 0 Å². The molecule has 1 aliphatic heterocycles. The molecule has 0 N–H and O–H groups in total. The van der Waals surface area contributed by atoms with E-state index in [-0.39, 0.29) is 11.7 Å². The largest absolute Gasteiger partial charge is 0.335 e. The van der Waals surface area contributed by atoms with Crippen LogP contribution >= 0.6 is 0 Å². The summed E-state index contributed by atoms with van der Waals surface area (Å²) < 4.78 is 41.6. The van der Waals surface area contributed by atoms with Crippen LogP contribution in [0, 0.1) is 11.7 Å². The summed E-state index contributed by atoms with van der Waals surface area (Å²) in [5.41, 5.74) is 0.470. The van der Waals surface area contributed by atoms with E-state index in [1.54, 1.807) is 19.3 Å². The second-order valence-corrected chi connectivity index (χ2v) is 8.14. The molecule has 3 rings (SSSR count). The van der Waals surface area contributed by atoms with E-state index < -0.39 is 15.8 Å². The van der Waals surface area contributed by atoms with Gasteiger partial charge in [0.15, 0.2) is 0 Å². The number of hydrogen-bond acceptors (Lipinski definition) is 3. The fourth-order valence-electron chi connectivity index (χ4n) is 3.01. The molecule has 5 nitrogen and oxygen atoms in total. The Kier molecular flexibility index (Phi) is 4.50. The second kappa shape index (κ2) is 6.41. The lowest BCUT2D eigenvalue weighted by Crippen LogP contribution is -2.36. The Morgan fingerprint density at radius 1 is 1.43 bits per heavy atom. The van der Waals surface area contributed by atoms with Gasteiger partial charge < -0.3 is 4.57 Å². The van der Waals surface area contributed by atoms with Gasteiger partial charge in [0.25, 0.3) is 0 Å².